The van der Waals surface area contributed by atoms with Gasteiger partial charge in [0.25, 0.3) is 0 Å². The van der Waals surface area contributed by atoms with E-state index in [9.17, 15) is 0 Å². The summed E-state index contributed by atoms with van der Waals surface area (Å²) in [4.78, 5) is 0. The predicted octanol–water partition coefficient (Wildman–Crippen LogP) is 4.31. The zero-order valence-corrected chi connectivity index (χ0v) is 11.8. The number of nitrogens with zero attached hydrogens (tertiary/aromatic N) is 2. The Balaban J connectivity index is 3.02. The summed E-state index contributed by atoms with van der Waals surface area (Å²) in [5.74, 6) is 0. The van der Waals surface area contributed by atoms with E-state index in [-0.39, 0.29) is 5.41 Å². The van der Waals surface area contributed by atoms with Crippen LogP contribution >= 0.6 is 0 Å². The van der Waals surface area contributed by atoms with E-state index in [4.69, 9.17) is 0 Å². The van der Waals surface area contributed by atoms with E-state index in [2.05, 4.69) is 38.5 Å². The lowest BCUT2D eigenvalue weighted by Gasteiger charge is -2.29. The van der Waals surface area contributed by atoms with E-state index in [1.54, 1.807) is 0 Å². The monoisotopic (exact) mass is 234 g/mol. The number of aromatic nitrogens is 2. The summed E-state index contributed by atoms with van der Waals surface area (Å²) < 4.78 is 2.03. The molecule has 1 atom stereocenters. The summed E-state index contributed by atoms with van der Waals surface area (Å²) in [6, 6.07) is 2.19. The normalized spacial score (nSPS) is 14.6. The van der Waals surface area contributed by atoms with Gasteiger partial charge in [0.15, 0.2) is 0 Å². The Bertz CT molecular complexity index is 365. The highest BCUT2D eigenvalue weighted by Crippen LogP contribution is 2.34. The van der Waals surface area contributed by atoms with Crippen LogP contribution in [0.2, 0.25) is 0 Å². The van der Waals surface area contributed by atoms with Gasteiger partial charge < -0.3 is 0 Å². The molecule has 1 aromatic rings. The van der Waals surface area contributed by atoms with Gasteiger partial charge in [-0.1, -0.05) is 46.6 Å². The molecular weight excluding hydrogens is 208 g/mol. The lowest BCUT2D eigenvalue weighted by atomic mass is 9.77. The second kappa shape index (κ2) is 6.04. The molecule has 0 aliphatic rings. The van der Waals surface area contributed by atoms with E-state index < -0.39 is 0 Å². The van der Waals surface area contributed by atoms with E-state index in [1.807, 2.05) is 17.8 Å². The molecule has 96 valence electrons. The Labute approximate surface area is 106 Å². The molecular formula is C15H26N2. The average Bonchev–Trinajstić information content (AvgIpc) is 2.69. The first kappa shape index (κ1) is 14.0. The number of rotatable bonds is 7. The fourth-order valence-electron chi connectivity index (χ4n) is 2.65. The van der Waals surface area contributed by atoms with Gasteiger partial charge in [-0.2, -0.15) is 5.10 Å². The fourth-order valence-corrected chi connectivity index (χ4v) is 2.65. The Morgan fingerprint density at radius 2 is 2.06 bits per heavy atom. The molecule has 0 amide bonds. The van der Waals surface area contributed by atoms with Crippen molar-refractivity contribution in [3.8, 4) is 0 Å². The lowest BCUT2D eigenvalue weighted by molar-refractivity contribution is 0.358. The molecule has 0 aliphatic heterocycles. The van der Waals surface area contributed by atoms with Crippen molar-refractivity contribution in [3.63, 3.8) is 0 Å². The molecule has 2 heteroatoms. The quantitative estimate of drug-likeness (QED) is 0.687. The third kappa shape index (κ3) is 3.21. The van der Waals surface area contributed by atoms with Gasteiger partial charge in [-0.3, -0.25) is 4.68 Å². The molecule has 0 saturated heterocycles. The summed E-state index contributed by atoms with van der Waals surface area (Å²) in [6.45, 7) is 10.7. The van der Waals surface area contributed by atoms with Crippen LogP contribution in [0.5, 0.6) is 0 Å². The van der Waals surface area contributed by atoms with Crippen LogP contribution in [0.25, 0.3) is 6.08 Å². The van der Waals surface area contributed by atoms with E-state index in [0.29, 0.717) is 0 Å². The number of hydrogen-bond donors (Lipinski definition) is 0. The predicted molar refractivity (Wildman–Crippen MR) is 75.1 cm³/mol. The Morgan fingerprint density at radius 1 is 1.35 bits per heavy atom. The van der Waals surface area contributed by atoms with E-state index in [1.165, 1.54) is 37.8 Å². The highest BCUT2D eigenvalue weighted by atomic mass is 15.3. The molecule has 0 radical (unpaired) electrons. The molecule has 0 N–H and O–H groups in total. The first-order valence-electron chi connectivity index (χ1n) is 6.74. The minimum atomic E-state index is 0.258. The molecule has 17 heavy (non-hydrogen) atoms. The fraction of sp³-hybridized carbons (Fsp3) is 0.667. The minimum absolute atomic E-state index is 0.258. The Kier molecular flexibility index (Phi) is 4.98. The average molecular weight is 234 g/mol. The van der Waals surface area contributed by atoms with Crippen molar-refractivity contribution < 1.29 is 0 Å². The molecule has 1 rings (SSSR count). The second-order valence-corrected chi connectivity index (χ2v) is 5.20. The topological polar surface area (TPSA) is 17.8 Å². The van der Waals surface area contributed by atoms with Crippen LogP contribution in [0, 0.1) is 0 Å². The minimum Gasteiger partial charge on any atom is -0.272 e. The van der Waals surface area contributed by atoms with Crippen LogP contribution in [0.3, 0.4) is 0 Å². The van der Waals surface area contributed by atoms with Crippen LogP contribution in [-0.4, -0.2) is 9.78 Å². The maximum atomic E-state index is 4.48. The van der Waals surface area contributed by atoms with Crippen molar-refractivity contribution in [1.29, 1.82) is 0 Å². The summed E-state index contributed by atoms with van der Waals surface area (Å²) in [5.41, 5.74) is 2.59. The van der Waals surface area contributed by atoms with Crippen LogP contribution in [0.1, 0.15) is 64.3 Å². The van der Waals surface area contributed by atoms with Crippen molar-refractivity contribution in [2.24, 2.45) is 7.05 Å². The van der Waals surface area contributed by atoms with Crippen molar-refractivity contribution in [1.82, 2.24) is 9.78 Å². The Hall–Kier alpha value is -1.05. The van der Waals surface area contributed by atoms with Crippen molar-refractivity contribution in [2.75, 3.05) is 0 Å². The van der Waals surface area contributed by atoms with E-state index >= 15 is 0 Å². The van der Waals surface area contributed by atoms with Crippen molar-refractivity contribution >= 4 is 6.08 Å². The molecule has 0 spiro atoms. The third-order valence-corrected chi connectivity index (χ3v) is 3.61. The molecule has 1 heterocycles. The summed E-state index contributed by atoms with van der Waals surface area (Å²) in [5, 5.41) is 4.48. The van der Waals surface area contributed by atoms with Gasteiger partial charge in [0.1, 0.15) is 0 Å². The second-order valence-electron chi connectivity index (χ2n) is 5.20. The van der Waals surface area contributed by atoms with Crippen LogP contribution in [-0.2, 0) is 12.5 Å². The summed E-state index contributed by atoms with van der Waals surface area (Å²) in [6.07, 6.45) is 8.05. The van der Waals surface area contributed by atoms with Gasteiger partial charge in [-0.15, -0.1) is 0 Å². The summed E-state index contributed by atoms with van der Waals surface area (Å²) in [7, 11) is 2.04. The van der Waals surface area contributed by atoms with Gasteiger partial charge in [-0.05, 0) is 25.0 Å². The largest absolute Gasteiger partial charge is 0.272 e. The maximum Gasteiger partial charge on any atom is 0.0848 e. The highest BCUT2D eigenvalue weighted by Gasteiger charge is 2.28. The maximum absolute atomic E-state index is 4.48. The van der Waals surface area contributed by atoms with Gasteiger partial charge in [0.2, 0.25) is 0 Å². The third-order valence-electron chi connectivity index (χ3n) is 3.61. The smallest absolute Gasteiger partial charge is 0.0848 e. The molecule has 2 nitrogen and oxygen atoms in total. The molecule has 1 unspecified atom stereocenters. The van der Waals surface area contributed by atoms with Crippen LogP contribution in [0.4, 0.5) is 0 Å². The first-order chi connectivity index (χ1) is 8.07. The number of aryl methyl sites for hydroxylation is 1. The molecule has 0 saturated carbocycles. The SMILES string of the molecule is C=Cc1cc(C(C)(CCC)CCCC)n(C)n1. The summed E-state index contributed by atoms with van der Waals surface area (Å²) >= 11 is 0. The highest BCUT2D eigenvalue weighted by molar-refractivity contribution is 5.43. The van der Waals surface area contributed by atoms with Crippen LogP contribution in [0.15, 0.2) is 12.6 Å². The molecule has 0 aliphatic carbocycles. The first-order valence-corrected chi connectivity index (χ1v) is 6.74. The Morgan fingerprint density at radius 3 is 2.53 bits per heavy atom. The van der Waals surface area contributed by atoms with Crippen LogP contribution < -0.4 is 0 Å². The van der Waals surface area contributed by atoms with Crippen molar-refractivity contribution in [2.45, 2.75) is 58.3 Å². The van der Waals surface area contributed by atoms with Gasteiger partial charge in [-0.25, -0.2) is 0 Å². The number of hydrogen-bond acceptors (Lipinski definition) is 1. The standard InChI is InChI=1S/C15H26N2/c1-6-9-11-15(4,10-7-2)14-12-13(8-3)16-17(14)5/h8,12H,3,6-7,9-11H2,1-2,4-5H3. The number of unbranched alkanes of at least 4 members (excludes halogenated alkanes) is 1. The molecule has 0 bridgehead atoms. The zero-order chi connectivity index (χ0) is 12.9. The zero-order valence-electron chi connectivity index (χ0n) is 11.8. The van der Waals surface area contributed by atoms with Gasteiger partial charge in [0.05, 0.1) is 5.69 Å². The van der Waals surface area contributed by atoms with Crippen molar-refractivity contribution in [3.05, 3.63) is 24.0 Å². The molecule has 0 aromatic carbocycles. The molecule has 1 aromatic heterocycles. The molecule has 0 fully saturated rings. The van der Waals surface area contributed by atoms with Gasteiger partial charge in [0, 0.05) is 18.2 Å². The lowest BCUT2D eigenvalue weighted by Crippen LogP contribution is -2.25. The van der Waals surface area contributed by atoms with Gasteiger partial charge >= 0.3 is 0 Å². The van der Waals surface area contributed by atoms with E-state index in [0.717, 1.165) is 5.69 Å².